The van der Waals surface area contributed by atoms with Crippen LogP contribution in [0.4, 0.5) is 24.5 Å². The molecular formula is C26H27F3N2O4. The molecule has 0 aromatic heterocycles. The van der Waals surface area contributed by atoms with Crippen LogP contribution in [0.3, 0.4) is 0 Å². The molecule has 1 N–H and O–H groups in total. The summed E-state index contributed by atoms with van der Waals surface area (Å²) in [7, 11) is 0. The average molecular weight is 489 g/mol. The van der Waals surface area contributed by atoms with Crippen molar-refractivity contribution in [2.75, 3.05) is 23.4 Å². The fourth-order valence-electron chi connectivity index (χ4n) is 4.54. The van der Waals surface area contributed by atoms with Gasteiger partial charge in [0.25, 0.3) is 5.91 Å². The van der Waals surface area contributed by atoms with E-state index in [0.717, 1.165) is 12.1 Å². The molecule has 2 aromatic carbocycles. The van der Waals surface area contributed by atoms with Crippen molar-refractivity contribution in [1.29, 1.82) is 0 Å². The number of fused-ring (bicyclic) bond motifs is 2. The Morgan fingerprint density at radius 2 is 1.91 bits per heavy atom. The van der Waals surface area contributed by atoms with Crippen LogP contribution in [-0.2, 0) is 15.8 Å². The third kappa shape index (κ3) is 4.72. The maximum absolute atomic E-state index is 13.3. The van der Waals surface area contributed by atoms with E-state index in [0.29, 0.717) is 54.1 Å². The third-order valence-electron chi connectivity index (χ3n) is 6.59. The fraction of sp³-hybridized carbons (Fsp3) is 0.385. The number of hydrogen-bond donors (Lipinski definition) is 1. The summed E-state index contributed by atoms with van der Waals surface area (Å²) in [5.74, 6) is -0.102. The molecule has 2 aromatic rings. The highest BCUT2D eigenvalue weighted by Crippen LogP contribution is 2.46. The van der Waals surface area contributed by atoms with Crippen LogP contribution < -0.4 is 19.7 Å². The number of carbonyl (C=O) groups excluding carboxylic acids is 2. The minimum Gasteiger partial charge on any atom is -0.486 e. The van der Waals surface area contributed by atoms with Gasteiger partial charge in [-0.25, -0.2) is 0 Å². The second-order valence-electron chi connectivity index (χ2n) is 8.62. The summed E-state index contributed by atoms with van der Waals surface area (Å²) in [5.41, 5.74) is 0.525. The van der Waals surface area contributed by atoms with Gasteiger partial charge in [0.2, 0.25) is 5.91 Å². The molecule has 0 spiro atoms. The van der Waals surface area contributed by atoms with Crippen molar-refractivity contribution in [3.63, 3.8) is 0 Å². The minimum atomic E-state index is -4.50. The van der Waals surface area contributed by atoms with Gasteiger partial charge < -0.3 is 19.7 Å². The summed E-state index contributed by atoms with van der Waals surface area (Å²) in [6.07, 6.45) is -1.58. The Bertz CT molecular complexity index is 1190. The number of benzene rings is 2. The zero-order valence-corrected chi connectivity index (χ0v) is 19.8. The molecule has 2 aliphatic heterocycles. The van der Waals surface area contributed by atoms with E-state index < -0.39 is 23.2 Å². The number of carbonyl (C=O) groups is 2. The van der Waals surface area contributed by atoms with E-state index in [1.807, 2.05) is 20.8 Å². The highest BCUT2D eigenvalue weighted by atomic mass is 19.4. The van der Waals surface area contributed by atoms with Gasteiger partial charge in [0.15, 0.2) is 12.4 Å². The van der Waals surface area contributed by atoms with Crippen LogP contribution in [0.25, 0.3) is 5.57 Å². The quantitative estimate of drug-likeness (QED) is 0.539. The van der Waals surface area contributed by atoms with Crippen molar-refractivity contribution in [1.82, 2.24) is 0 Å². The van der Waals surface area contributed by atoms with Gasteiger partial charge in [-0.15, -0.1) is 0 Å². The van der Waals surface area contributed by atoms with Crippen molar-refractivity contribution in [2.24, 2.45) is 0 Å². The molecule has 0 aliphatic carbocycles. The Morgan fingerprint density at radius 1 is 1.17 bits per heavy atom. The van der Waals surface area contributed by atoms with Crippen molar-refractivity contribution in [2.45, 2.75) is 51.8 Å². The lowest BCUT2D eigenvalue weighted by molar-refractivity contribution is -0.137. The standard InChI is InChI=1S/C26H27F3N2O4/c1-4-25(5-2)14-16(18-11-10-17(26(27,28)29)13-21(18)35-25)12-22(32)30-19-8-7-9-20-24(19)34-15-23(33)31(20)6-3/h7-13H,4-6,14-15H2,1-3H3,(H,30,32). The van der Waals surface area contributed by atoms with Gasteiger partial charge in [-0.05, 0) is 49.6 Å². The van der Waals surface area contributed by atoms with Crippen LogP contribution in [0, 0.1) is 0 Å². The number of alkyl halides is 3. The predicted octanol–water partition coefficient (Wildman–Crippen LogP) is 5.81. The molecule has 2 heterocycles. The summed E-state index contributed by atoms with van der Waals surface area (Å²) in [6, 6.07) is 8.48. The van der Waals surface area contributed by atoms with E-state index in [2.05, 4.69) is 5.32 Å². The smallest absolute Gasteiger partial charge is 0.416 e. The lowest BCUT2D eigenvalue weighted by Gasteiger charge is -2.39. The minimum absolute atomic E-state index is 0.117. The second-order valence-corrected chi connectivity index (χ2v) is 8.62. The lowest BCUT2D eigenvalue weighted by Crippen LogP contribution is -2.38. The molecule has 0 bridgehead atoms. The van der Waals surface area contributed by atoms with Crippen LogP contribution in [0.5, 0.6) is 11.5 Å². The summed E-state index contributed by atoms with van der Waals surface area (Å²) < 4.78 is 51.6. The lowest BCUT2D eigenvalue weighted by atomic mass is 9.83. The van der Waals surface area contributed by atoms with Crippen molar-refractivity contribution in [3.05, 3.63) is 53.6 Å². The molecular weight excluding hydrogens is 461 g/mol. The average Bonchev–Trinajstić information content (AvgIpc) is 2.83. The molecule has 0 saturated heterocycles. The molecule has 0 atom stereocenters. The van der Waals surface area contributed by atoms with Crippen LogP contribution in [0.15, 0.2) is 42.5 Å². The van der Waals surface area contributed by atoms with Crippen molar-refractivity contribution < 1.29 is 32.2 Å². The number of likely N-dealkylation sites (N-methyl/N-ethyl adjacent to an activating group) is 1. The van der Waals surface area contributed by atoms with Gasteiger partial charge in [-0.2, -0.15) is 13.2 Å². The second kappa shape index (κ2) is 9.28. The van der Waals surface area contributed by atoms with Gasteiger partial charge in [-0.1, -0.05) is 26.0 Å². The van der Waals surface area contributed by atoms with E-state index in [1.54, 1.807) is 23.1 Å². The molecule has 35 heavy (non-hydrogen) atoms. The Hall–Kier alpha value is -3.49. The predicted molar refractivity (Wildman–Crippen MR) is 127 cm³/mol. The molecule has 0 saturated carbocycles. The summed E-state index contributed by atoms with van der Waals surface area (Å²) in [4.78, 5) is 26.8. The number of hydrogen-bond acceptors (Lipinski definition) is 4. The summed E-state index contributed by atoms with van der Waals surface area (Å²) in [5, 5.41) is 2.81. The normalized spacial score (nSPS) is 17.8. The molecule has 186 valence electrons. The van der Waals surface area contributed by atoms with Gasteiger partial charge in [0.05, 0.1) is 16.9 Å². The first-order valence-corrected chi connectivity index (χ1v) is 11.6. The Kier molecular flexibility index (Phi) is 6.53. The van der Waals surface area contributed by atoms with Gasteiger partial charge in [0.1, 0.15) is 11.4 Å². The van der Waals surface area contributed by atoms with E-state index in [4.69, 9.17) is 9.47 Å². The first kappa shape index (κ1) is 24.6. The largest absolute Gasteiger partial charge is 0.486 e. The molecule has 0 unspecified atom stereocenters. The van der Waals surface area contributed by atoms with Gasteiger partial charge >= 0.3 is 6.18 Å². The number of ether oxygens (including phenoxy) is 2. The van der Waals surface area contributed by atoms with Crippen LogP contribution in [-0.4, -0.2) is 30.6 Å². The first-order chi connectivity index (χ1) is 16.6. The van der Waals surface area contributed by atoms with E-state index in [1.165, 1.54) is 12.1 Å². The van der Waals surface area contributed by atoms with Crippen LogP contribution in [0.2, 0.25) is 0 Å². The zero-order chi connectivity index (χ0) is 25.4. The molecule has 2 aliphatic rings. The fourth-order valence-corrected chi connectivity index (χ4v) is 4.54. The summed E-state index contributed by atoms with van der Waals surface area (Å²) in [6.45, 7) is 6.01. The number of rotatable bonds is 5. The third-order valence-corrected chi connectivity index (χ3v) is 6.59. The van der Waals surface area contributed by atoms with Crippen LogP contribution >= 0.6 is 0 Å². The topological polar surface area (TPSA) is 67.9 Å². The number of nitrogens with zero attached hydrogens (tertiary/aromatic N) is 1. The highest BCUT2D eigenvalue weighted by molar-refractivity contribution is 6.07. The van der Waals surface area contributed by atoms with E-state index in [9.17, 15) is 22.8 Å². The van der Waals surface area contributed by atoms with E-state index >= 15 is 0 Å². The Labute approximate surface area is 201 Å². The molecule has 0 radical (unpaired) electrons. The van der Waals surface area contributed by atoms with Gasteiger partial charge in [-0.3, -0.25) is 9.59 Å². The molecule has 9 heteroatoms. The maximum atomic E-state index is 13.3. The zero-order valence-electron chi connectivity index (χ0n) is 19.8. The van der Waals surface area contributed by atoms with Crippen molar-refractivity contribution >= 4 is 28.8 Å². The SMILES string of the molecule is CCN1C(=O)COc2c(NC(=O)C=C3CC(CC)(CC)Oc4cc(C(F)(F)F)ccc43)cccc21. The Morgan fingerprint density at radius 3 is 2.57 bits per heavy atom. The highest BCUT2D eigenvalue weighted by Gasteiger charge is 2.38. The number of amides is 2. The summed E-state index contributed by atoms with van der Waals surface area (Å²) >= 11 is 0. The number of para-hydroxylation sites is 1. The van der Waals surface area contributed by atoms with E-state index in [-0.39, 0.29) is 18.3 Å². The number of nitrogens with one attached hydrogen (secondary N) is 1. The number of anilines is 2. The maximum Gasteiger partial charge on any atom is 0.416 e. The molecule has 6 nitrogen and oxygen atoms in total. The van der Waals surface area contributed by atoms with Crippen molar-refractivity contribution in [3.8, 4) is 11.5 Å². The van der Waals surface area contributed by atoms with Gasteiger partial charge in [0, 0.05) is 24.6 Å². The molecule has 0 fully saturated rings. The number of halogens is 3. The van der Waals surface area contributed by atoms with Crippen LogP contribution in [0.1, 0.15) is 51.2 Å². The molecule has 2 amide bonds. The molecule has 4 rings (SSSR count). The monoisotopic (exact) mass is 488 g/mol. The Balaban J connectivity index is 1.69. The first-order valence-electron chi connectivity index (χ1n) is 11.6.